The molecule has 2 rings (SSSR count). The van der Waals surface area contributed by atoms with Crippen LogP contribution in [0.4, 0.5) is 0 Å². The second-order valence-corrected chi connectivity index (χ2v) is 5.18. The van der Waals surface area contributed by atoms with E-state index in [1.807, 2.05) is 24.3 Å². The van der Waals surface area contributed by atoms with Gasteiger partial charge in [-0.2, -0.15) is 0 Å². The third-order valence-electron chi connectivity index (χ3n) is 3.12. The Morgan fingerprint density at radius 2 is 2.00 bits per heavy atom. The standard InChI is InChI=1S/C17H18ClNO3/c1-12(22-15-8-5-7-14(18)10-15)17(20)19-11-13-6-3-4-9-16(13)21-2/h3-10,12H,11H2,1-2H3,(H,19,20). The molecule has 0 bridgehead atoms. The Labute approximate surface area is 135 Å². The van der Waals surface area contributed by atoms with Gasteiger partial charge < -0.3 is 14.8 Å². The number of carbonyl (C=O) groups excluding carboxylic acids is 1. The van der Waals surface area contributed by atoms with Gasteiger partial charge >= 0.3 is 0 Å². The largest absolute Gasteiger partial charge is 0.496 e. The first-order valence-corrected chi connectivity index (χ1v) is 7.30. The maximum atomic E-state index is 12.1. The second kappa shape index (κ2) is 7.71. The van der Waals surface area contributed by atoms with Crippen LogP contribution in [0.1, 0.15) is 12.5 Å². The minimum atomic E-state index is -0.617. The summed E-state index contributed by atoms with van der Waals surface area (Å²) in [5.41, 5.74) is 0.910. The van der Waals surface area contributed by atoms with Crippen molar-refractivity contribution in [3.8, 4) is 11.5 Å². The summed E-state index contributed by atoms with van der Waals surface area (Å²) in [6.07, 6.45) is -0.617. The Kier molecular flexibility index (Phi) is 5.67. The highest BCUT2D eigenvalue weighted by Crippen LogP contribution is 2.19. The average molecular weight is 320 g/mol. The minimum Gasteiger partial charge on any atom is -0.496 e. The van der Waals surface area contributed by atoms with Gasteiger partial charge in [-0.05, 0) is 31.2 Å². The van der Waals surface area contributed by atoms with Crippen molar-refractivity contribution in [2.45, 2.75) is 19.6 Å². The molecule has 0 aliphatic rings. The van der Waals surface area contributed by atoms with Crippen molar-refractivity contribution in [1.29, 1.82) is 0 Å². The first-order valence-electron chi connectivity index (χ1n) is 6.92. The molecule has 0 aromatic heterocycles. The van der Waals surface area contributed by atoms with Crippen molar-refractivity contribution in [2.24, 2.45) is 0 Å². The number of amides is 1. The van der Waals surface area contributed by atoms with Crippen LogP contribution in [-0.4, -0.2) is 19.1 Å². The zero-order valence-corrected chi connectivity index (χ0v) is 13.3. The Bertz CT molecular complexity index is 645. The van der Waals surface area contributed by atoms with Gasteiger partial charge in [-0.3, -0.25) is 4.79 Å². The van der Waals surface area contributed by atoms with Crippen LogP contribution in [0.3, 0.4) is 0 Å². The Morgan fingerprint density at radius 3 is 2.73 bits per heavy atom. The Balaban J connectivity index is 1.91. The molecule has 0 fully saturated rings. The summed E-state index contributed by atoms with van der Waals surface area (Å²) >= 11 is 5.89. The highest BCUT2D eigenvalue weighted by Gasteiger charge is 2.15. The van der Waals surface area contributed by atoms with Crippen LogP contribution in [-0.2, 0) is 11.3 Å². The van der Waals surface area contributed by atoms with Gasteiger partial charge in [0, 0.05) is 17.1 Å². The number of nitrogens with one attached hydrogen (secondary N) is 1. The van der Waals surface area contributed by atoms with Gasteiger partial charge in [0.25, 0.3) is 5.91 Å². The third kappa shape index (κ3) is 4.40. The van der Waals surface area contributed by atoms with Crippen molar-refractivity contribution in [3.05, 3.63) is 59.1 Å². The number of benzene rings is 2. The van der Waals surface area contributed by atoms with Gasteiger partial charge in [-0.25, -0.2) is 0 Å². The van der Waals surface area contributed by atoms with Crippen LogP contribution in [0, 0.1) is 0 Å². The lowest BCUT2D eigenvalue weighted by Crippen LogP contribution is -2.35. The molecule has 2 aromatic carbocycles. The molecule has 0 heterocycles. The molecule has 0 saturated carbocycles. The summed E-state index contributed by atoms with van der Waals surface area (Å²) < 4.78 is 10.8. The number of hydrogen-bond donors (Lipinski definition) is 1. The molecule has 1 unspecified atom stereocenters. The normalized spacial score (nSPS) is 11.6. The molecule has 0 radical (unpaired) electrons. The Morgan fingerprint density at radius 1 is 1.23 bits per heavy atom. The molecular weight excluding hydrogens is 302 g/mol. The molecule has 22 heavy (non-hydrogen) atoms. The fourth-order valence-electron chi connectivity index (χ4n) is 1.97. The highest BCUT2D eigenvalue weighted by molar-refractivity contribution is 6.30. The van der Waals surface area contributed by atoms with E-state index in [-0.39, 0.29) is 5.91 Å². The second-order valence-electron chi connectivity index (χ2n) is 4.75. The topological polar surface area (TPSA) is 47.6 Å². The van der Waals surface area contributed by atoms with Crippen molar-refractivity contribution in [3.63, 3.8) is 0 Å². The fourth-order valence-corrected chi connectivity index (χ4v) is 2.15. The number of ether oxygens (including phenoxy) is 2. The lowest BCUT2D eigenvalue weighted by Gasteiger charge is -2.15. The van der Waals surface area contributed by atoms with Crippen LogP contribution < -0.4 is 14.8 Å². The van der Waals surface area contributed by atoms with Gasteiger partial charge in [0.05, 0.1) is 7.11 Å². The summed E-state index contributed by atoms with van der Waals surface area (Å²) in [7, 11) is 1.60. The van der Waals surface area contributed by atoms with E-state index in [4.69, 9.17) is 21.1 Å². The van der Waals surface area contributed by atoms with E-state index in [1.165, 1.54) is 0 Å². The molecule has 4 nitrogen and oxygen atoms in total. The van der Waals surface area contributed by atoms with E-state index >= 15 is 0 Å². The molecule has 1 N–H and O–H groups in total. The molecule has 1 atom stereocenters. The zero-order valence-electron chi connectivity index (χ0n) is 12.5. The predicted molar refractivity (Wildman–Crippen MR) is 86.4 cm³/mol. The van der Waals surface area contributed by atoms with Crippen molar-refractivity contribution in [1.82, 2.24) is 5.32 Å². The minimum absolute atomic E-state index is 0.203. The van der Waals surface area contributed by atoms with Gasteiger partial charge in [0.2, 0.25) is 0 Å². The highest BCUT2D eigenvalue weighted by atomic mass is 35.5. The van der Waals surface area contributed by atoms with Crippen molar-refractivity contribution >= 4 is 17.5 Å². The van der Waals surface area contributed by atoms with Crippen LogP contribution in [0.25, 0.3) is 0 Å². The molecule has 0 spiro atoms. The van der Waals surface area contributed by atoms with Crippen LogP contribution >= 0.6 is 11.6 Å². The van der Waals surface area contributed by atoms with Crippen molar-refractivity contribution in [2.75, 3.05) is 7.11 Å². The summed E-state index contributed by atoms with van der Waals surface area (Å²) in [6.45, 7) is 2.07. The molecule has 5 heteroatoms. The number of carbonyl (C=O) groups is 1. The van der Waals surface area contributed by atoms with E-state index in [0.29, 0.717) is 17.3 Å². The SMILES string of the molecule is COc1ccccc1CNC(=O)C(C)Oc1cccc(Cl)c1. The van der Waals surface area contributed by atoms with Gasteiger partial charge in [-0.15, -0.1) is 0 Å². The molecule has 2 aromatic rings. The molecule has 0 aliphatic heterocycles. The lowest BCUT2D eigenvalue weighted by atomic mass is 10.2. The molecule has 0 saturated heterocycles. The molecular formula is C17H18ClNO3. The monoisotopic (exact) mass is 319 g/mol. The summed E-state index contributed by atoms with van der Waals surface area (Å²) in [6, 6.07) is 14.5. The van der Waals surface area contributed by atoms with Gasteiger partial charge in [-0.1, -0.05) is 35.9 Å². The van der Waals surface area contributed by atoms with Crippen LogP contribution in [0.5, 0.6) is 11.5 Å². The number of halogens is 1. The fraction of sp³-hybridized carbons (Fsp3) is 0.235. The van der Waals surface area contributed by atoms with E-state index in [2.05, 4.69) is 5.32 Å². The van der Waals surface area contributed by atoms with Gasteiger partial charge in [0.15, 0.2) is 6.10 Å². The molecule has 116 valence electrons. The summed E-state index contributed by atoms with van der Waals surface area (Å²) in [5.74, 6) is 1.10. The van der Waals surface area contributed by atoms with E-state index < -0.39 is 6.10 Å². The average Bonchev–Trinajstić information content (AvgIpc) is 2.52. The first kappa shape index (κ1) is 16.2. The van der Waals surface area contributed by atoms with Crippen molar-refractivity contribution < 1.29 is 14.3 Å². The number of para-hydroxylation sites is 1. The van der Waals surface area contributed by atoms with Crippen LogP contribution in [0.2, 0.25) is 5.02 Å². The molecule has 1 amide bonds. The smallest absolute Gasteiger partial charge is 0.261 e. The zero-order chi connectivity index (χ0) is 15.9. The number of hydrogen-bond acceptors (Lipinski definition) is 3. The maximum absolute atomic E-state index is 12.1. The molecule has 0 aliphatic carbocycles. The summed E-state index contributed by atoms with van der Waals surface area (Å²) in [4.78, 5) is 12.1. The summed E-state index contributed by atoms with van der Waals surface area (Å²) in [5, 5.41) is 3.40. The Hall–Kier alpha value is -2.20. The lowest BCUT2D eigenvalue weighted by molar-refractivity contribution is -0.127. The first-order chi connectivity index (χ1) is 10.6. The van der Waals surface area contributed by atoms with E-state index in [1.54, 1.807) is 38.3 Å². The number of methoxy groups -OCH3 is 1. The quantitative estimate of drug-likeness (QED) is 0.887. The van der Waals surface area contributed by atoms with E-state index in [0.717, 1.165) is 11.3 Å². The number of rotatable bonds is 6. The van der Waals surface area contributed by atoms with Gasteiger partial charge in [0.1, 0.15) is 11.5 Å². The van der Waals surface area contributed by atoms with Crippen LogP contribution in [0.15, 0.2) is 48.5 Å². The van der Waals surface area contributed by atoms with E-state index in [9.17, 15) is 4.79 Å². The predicted octanol–water partition coefficient (Wildman–Crippen LogP) is 3.43. The third-order valence-corrected chi connectivity index (χ3v) is 3.36. The maximum Gasteiger partial charge on any atom is 0.261 e.